The Morgan fingerprint density at radius 2 is 2.19 bits per heavy atom. The highest BCUT2D eigenvalue weighted by molar-refractivity contribution is 5.91. The molecule has 0 aromatic rings. The summed E-state index contributed by atoms with van der Waals surface area (Å²) in [5.41, 5.74) is 1.55. The van der Waals surface area contributed by atoms with Crippen LogP contribution in [0.4, 0.5) is 0 Å². The van der Waals surface area contributed by atoms with Crippen molar-refractivity contribution in [1.29, 1.82) is 0 Å². The predicted molar refractivity (Wildman–Crippen MR) is 96.0 cm³/mol. The van der Waals surface area contributed by atoms with Crippen LogP contribution >= 0.6 is 0 Å². The van der Waals surface area contributed by atoms with Crippen molar-refractivity contribution < 1.29 is 29.3 Å². The zero-order valence-electron chi connectivity index (χ0n) is 15.6. The maximum absolute atomic E-state index is 12.4. The van der Waals surface area contributed by atoms with Gasteiger partial charge in [-0.15, -0.1) is 0 Å². The average Bonchev–Trinajstić information content (AvgIpc) is 2.88. The Balaban J connectivity index is 2.47. The molecule has 1 heterocycles. The van der Waals surface area contributed by atoms with Crippen LogP contribution in [0.5, 0.6) is 0 Å². The van der Waals surface area contributed by atoms with E-state index in [1.807, 2.05) is 19.9 Å². The normalized spacial score (nSPS) is 30.7. The molecule has 0 aromatic carbocycles. The SMILES string of the molecule is C=C1C(=O)OC2C=C(C)CCC=C(CO)C(O)C(OC(=O)C(C)CC)C12. The third-order valence-corrected chi connectivity index (χ3v) is 5.15. The third kappa shape index (κ3) is 4.24. The standard InChI is InChI=1S/C20H28O6/c1-5-12(3)19(23)26-18-16-13(4)20(24)25-15(16)9-11(2)7-6-8-14(10-21)17(18)22/h8-9,12,15-18,21-22H,4-7,10H2,1-3H3. The molecular weight excluding hydrogens is 336 g/mol. The summed E-state index contributed by atoms with van der Waals surface area (Å²) >= 11 is 0. The van der Waals surface area contributed by atoms with Gasteiger partial charge in [-0.25, -0.2) is 4.79 Å². The van der Waals surface area contributed by atoms with Gasteiger partial charge in [0, 0.05) is 5.57 Å². The lowest BCUT2D eigenvalue weighted by Crippen LogP contribution is -2.44. The van der Waals surface area contributed by atoms with Crippen molar-refractivity contribution in [1.82, 2.24) is 0 Å². The van der Waals surface area contributed by atoms with Gasteiger partial charge in [-0.1, -0.05) is 32.1 Å². The van der Waals surface area contributed by atoms with Crippen LogP contribution in [-0.2, 0) is 19.1 Å². The van der Waals surface area contributed by atoms with E-state index < -0.39 is 36.2 Å². The molecule has 5 atom stereocenters. The molecule has 1 fully saturated rings. The molecule has 26 heavy (non-hydrogen) atoms. The van der Waals surface area contributed by atoms with E-state index in [0.717, 1.165) is 5.57 Å². The zero-order valence-corrected chi connectivity index (χ0v) is 15.6. The smallest absolute Gasteiger partial charge is 0.334 e. The molecule has 5 unspecified atom stereocenters. The lowest BCUT2D eigenvalue weighted by atomic mass is 9.83. The maximum Gasteiger partial charge on any atom is 0.334 e. The Morgan fingerprint density at radius 3 is 2.81 bits per heavy atom. The molecule has 0 spiro atoms. The lowest BCUT2D eigenvalue weighted by Gasteiger charge is -2.32. The number of rotatable bonds is 4. The Kier molecular flexibility index (Phi) is 6.78. The topological polar surface area (TPSA) is 93.1 Å². The fourth-order valence-electron chi connectivity index (χ4n) is 3.22. The minimum Gasteiger partial charge on any atom is -0.458 e. The van der Waals surface area contributed by atoms with E-state index in [1.54, 1.807) is 13.0 Å². The van der Waals surface area contributed by atoms with Crippen LogP contribution in [0, 0.1) is 11.8 Å². The minimum atomic E-state index is -1.24. The van der Waals surface area contributed by atoms with Gasteiger partial charge in [-0.2, -0.15) is 0 Å². The number of esters is 2. The minimum absolute atomic E-state index is 0.165. The van der Waals surface area contributed by atoms with Crippen LogP contribution in [0.3, 0.4) is 0 Å². The first kappa shape index (κ1) is 20.4. The number of aliphatic hydroxyl groups is 2. The van der Waals surface area contributed by atoms with Crippen LogP contribution < -0.4 is 0 Å². The summed E-state index contributed by atoms with van der Waals surface area (Å²) in [7, 11) is 0. The predicted octanol–water partition coefficient (Wildman–Crippen LogP) is 2.06. The second kappa shape index (κ2) is 8.64. The molecule has 0 saturated carbocycles. The molecule has 6 heteroatoms. The highest BCUT2D eigenvalue weighted by Gasteiger charge is 2.48. The van der Waals surface area contributed by atoms with Crippen molar-refractivity contribution in [2.45, 2.75) is 58.3 Å². The monoisotopic (exact) mass is 364 g/mol. The number of hydrogen-bond donors (Lipinski definition) is 2. The second-order valence-electron chi connectivity index (χ2n) is 7.07. The number of carbonyl (C=O) groups is 2. The van der Waals surface area contributed by atoms with Crippen LogP contribution in [0.1, 0.15) is 40.0 Å². The molecule has 2 rings (SSSR count). The number of allylic oxidation sites excluding steroid dienone is 2. The van der Waals surface area contributed by atoms with E-state index in [4.69, 9.17) is 9.47 Å². The summed E-state index contributed by atoms with van der Waals surface area (Å²) in [6.45, 7) is 8.96. The van der Waals surface area contributed by atoms with E-state index in [9.17, 15) is 19.8 Å². The summed E-state index contributed by atoms with van der Waals surface area (Å²) in [6, 6.07) is 0. The molecule has 1 saturated heterocycles. The number of ether oxygens (including phenoxy) is 2. The number of carbonyl (C=O) groups excluding carboxylic acids is 2. The van der Waals surface area contributed by atoms with Gasteiger partial charge in [0.2, 0.25) is 0 Å². The molecule has 0 aromatic heterocycles. The van der Waals surface area contributed by atoms with Crippen molar-refractivity contribution in [2.75, 3.05) is 6.61 Å². The largest absolute Gasteiger partial charge is 0.458 e. The molecule has 144 valence electrons. The molecular formula is C20H28O6. The Labute approximate surface area is 154 Å². The zero-order chi connectivity index (χ0) is 19.4. The first-order valence-corrected chi connectivity index (χ1v) is 9.05. The fraction of sp³-hybridized carbons (Fsp3) is 0.600. The van der Waals surface area contributed by atoms with Crippen LogP contribution in [0.2, 0.25) is 0 Å². The number of fused-ring (bicyclic) bond motifs is 1. The average molecular weight is 364 g/mol. The van der Waals surface area contributed by atoms with E-state index in [-0.39, 0.29) is 18.1 Å². The van der Waals surface area contributed by atoms with Gasteiger partial charge >= 0.3 is 11.9 Å². The molecule has 0 bridgehead atoms. The van der Waals surface area contributed by atoms with Crippen molar-refractivity contribution in [2.24, 2.45) is 11.8 Å². The Hall–Kier alpha value is -1.92. The van der Waals surface area contributed by atoms with E-state index in [1.165, 1.54) is 0 Å². The van der Waals surface area contributed by atoms with Gasteiger partial charge in [0.15, 0.2) is 0 Å². The molecule has 1 aliphatic heterocycles. The van der Waals surface area contributed by atoms with Gasteiger partial charge in [-0.3, -0.25) is 4.79 Å². The van der Waals surface area contributed by atoms with Crippen LogP contribution in [0.15, 0.2) is 35.5 Å². The molecule has 2 N–H and O–H groups in total. The molecule has 6 nitrogen and oxygen atoms in total. The number of aliphatic hydroxyl groups excluding tert-OH is 2. The molecule has 2 aliphatic rings. The highest BCUT2D eigenvalue weighted by Crippen LogP contribution is 2.36. The van der Waals surface area contributed by atoms with E-state index in [2.05, 4.69) is 6.58 Å². The molecule has 0 amide bonds. The van der Waals surface area contributed by atoms with Crippen molar-refractivity contribution in [3.63, 3.8) is 0 Å². The Bertz CT molecular complexity index is 632. The van der Waals surface area contributed by atoms with Gasteiger partial charge < -0.3 is 19.7 Å². The summed E-state index contributed by atoms with van der Waals surface area (Å²) in [6.07, 6.45) is 2.56. The molecule has 0 radical (unpaired) electrons. The van der Waals surface area contributed by atoms with E-state index >= 15 is 0 Å². The lowest BCUT2D eigenvalue weighted by molar-refractivity contribution is -0.162. The van der Waals surface area contributed by atoms with Crippen molar-refractivity contribution in [3.05, 3.63) is 35.5 Å². The first-order valence-electron chi connectivity index (χ1n) is 9.05. The summed E-state index contributed by atoms with van der Waals surface area (Å²) in [4.78, 5) is 24.5. The van der Waals surface area contributed by atoms with Gasteiger partial charge in [0.1, 0.15) is 18.3 Å². The second-order valence-corrected chi connectivity index (χ2v) is 7.07. The Morgan fingerprint density at radius 1 is 1.50 bits per heavy atom. The third-order valence-electron chi connectivity index (χ3n) is 5.15. The first-order chi connectivity index (χ1) is 12.3. The van der Waals surface area contributed by atoms with E-state index in [0.29, 0.717) is 24.8 Å². The van der Waals surface area contributed by atoms with Gasteiger partial charge in [0.05, 0.1) is 18.4 Å². The number of hydrogen-bond acceptors (Lipinski definition) is 6. The highest BCUT2D eigenvalue weighted by atomic mass is 16.6. The quantitative estimate of drug-likeness (QED) is 0.451. The fourth-order valence-corrected chi connectivity index (χ4v) is 3.22. The maximum atomic E-state index is 12.4. The molecule has 1 aliphatic carbocycles. The van der Waals surface area contributed by atoms with Crippen molar-refractivity contribution >= 4 is 11.9 Å². The summed E-state index contributed by atoms with van der Waals surface area (Å²) in [5.74, 6) is -2.07. The van der Waals surface area contributed by atoms with Crippen LogP contribution in [-0.4, -0.2) is 47.1 Å². The summed E-state index contributed by atoms with van der Waals surface area (Å²) < 4.78 is 11.0. The van der Waals surface area contributed by atoms with Gasteiger partial charge in [0.25, 0.3) is 0 Å². The van der Waals surface area contributed by atoms with Crippen molar-refractivity contribution in [3.8, 4) is 0 Å². The van der Waals surface area contributed by atoms with Crippen LogP contribution in [0.25, 0.3) is 0 Å². The summed E-state index contributed by atoms with van der Waals surface area (Å²) in [5, 5.41) is 20.5. The van der Waals surface area contributed by atoms with Gasteiger partial charge in [-0.05, 0) is 37.8 Å².